The fourth-order valence-corrected chi connectivity index (χ4v) is 1.49. The highest BCUT2D eigenvalue weighted by atomic mass is 17.1. The van der Waals surface area contributed by atoms with Gasteiger partial charge in [-0.1, -0.05) is 40.0 Å². The molecule has 0 heterocycles. The summed E-state index contributed by atoms with van der Waals surface area (Å²) in [5, 5.41) is 10.5. The summed E-state index contributed by atoms with van der Waals surface area (Å²) < 4.78 is 9.61. The Morgan fingerprint density at radius 2 is 1.88 bits per heavy atom. The lowest BCUT2D eigenvalue weighted by atomic mass is 10.0. The van der Waals surface area contributed by atoms with E-state index in [0.717, 1.165) is 25.2 Å². The van der Waals surface area contributed by atoms with Gasteiger partial charge in [-0.15, -0.1) is 0 Å². The fraction of sp³-hybridized carbons (Fsp3) is 0.929. The zero-order valence-corrected chi connectivity index (χ0v) is 12.0. The number of ether oxygens (including phenoxy) is 1. The third-order valence-electron chi connectivity index (χ3n) is 3.00. The van der Waals surface area contributed by atoms with Gasteiger partial charge in [0.2, 0.25) is 0 Å². The minimum Gasteiger partial charge on any atom is -0.588 e. The third kappa shape index (κ3) is 9.02. The molecule has 0 amide bonds. The molecule has 0 aliphatic carbocycles. The summed E-state index contributed by atoms with van der Waals surface area (Å²) in [5.74, 6) is 0.992. The predicted molar refractivity (Wildman–Crippen MR) is 68.4 cm³/mol. The van der Waals surface area contributed by atoms with Crippen LogP contribution in [0.4, 0.5) is 0 Å². The van der Waals surface area contributed by atoms with E-state index in [9.17, 15) is 5.26 Å². The van der Waals surface area contributed by atoms with Crippen LogP contribution in [0.15, 0.2) is 0 Å². The molecule has 0 spiro atoms. The Labute approximate surface area is 106 Å². The highest BCUT2D eigenvalue weighted by Crippen LogP contribution is 2.16. The van der Waals surface area contributed by atoms with E-state index in [1.807, 2.05) is 20.8 Å². The van der Waals surface area contributed by atoms with E-state index in [2.05, 4.69) is 18.4 Å². The molecule has 0 atom stereocenters. The van der Waals surface area contributed by atoms with Gasteiger partial charge in [0.15, 0.2) is 5.60 Å². The highest BCUT2D eigenvalue weighted by molar-refractivity contribution is 5.70. The number of carbonyl (C=O) groups excluding carboxylic acids is 1. The molecular formula is C14H28O3. The van der Waals surface area contributed by atoms with E-state index < -0.39 is 0 Å². The summed E-state index contributed by atoms with van der Waals surface area (Å²) in [7, 11) is 0. The Morgan fingerprint density at radius 3 is 2.35 bits per heavy atom. The summed E-state index contributed by atoms with van der Waals surface area (Å²) in [4.78, 5) is 0. The summed E-state index contributed by atoms with van der Waals surface area (Å²) in [6.45, 7) is 10.4. The van der Waals surface area contributed by atoms with Gasteiger partial charge in [-0.2, -0.15) is 0 Å². The van der Waals surface area contributed by atoms with Gasteiger partial charge in [-0.05, 0) is 12.3 Å². The molecule has 0 saturated carbocycles. The molecule has 0 aromatic heterocycles. The average molecular weight is 244 g/mol. The van der Waals surface area contributed by atoms with E-state index in [1.54, 1.807) is 0 Å². The second kappa shape index (κ2) is 8.37. The SMILES string of the molecule is CCC(C)(C)OC(CCCCCC(C)C)=[O+][O-]. The first kappa shape index (κ1) is 16.3. The first-order valence-corrected chi connectivity index (χ1v) is 6.76. The maximum atomic E-state index is 10.5. The Balaban J connectivity index is 3.77. The molecule has 102 valence electrons. The van der Waals surface area contributed by atoms with Crippen LogP contribution in [0.25, 0.3) is 0 Å². The number of unbranched alkanes of at least 4 members (excludes halogenated alkanes) is 2. The highest BCUT2D eigenvalue weighted by Gasteiger charge is 2.28. The van der Waals surface area contributed by atoms with Crippen molar-refractivity contribution in [3.63, 3.8) is 0 Å². The zero-order chi connectivity index (χ0) is 13.3. The Bertz CT molecular complexity index is 220. The van der Waals surface area contributed by atoms with Crippen LogP contribution in [0.2, 0.25) is 0 Å². The van der Waals surface area contributed by atoms with Crippen molar-refractivity contribution in [1.29, 1.82) is 0 Å². The number of esters is 1. The van der Waals surface area contributed by atoms with E-state index in [-0.39, 0.29) is 11.6 Å². The van der Waals surface area contributed by atoms with Gasteiger partial charge in [-0.25, -0.2) is 0 Å². The van der Waals surface area contributed by atoms with Crippen molar-refractivity contribution < 1.29 is 14.6 Å². The minimum absolute atomic E-state index is 0.237. The second-order valence-corrected chi connectivity index (χ2v) is 5.66. The van der Waals surface area contributed by atoms with Crippen LogP contribution < -0.4 is 5.26 Å². The molecule has 0 unspecified atom stereocenters. The molecule has 0 aliphatic heterocycles. The molecule has 0 radical (unpaired) electrons. The van der Waals surface area contributed by atoms with Crippen molar-refractivity contribution in [2.24, 2.45) is 5.92 Å². The molecule has 17 heavy (non-hydrogen) atoms. The van der Waals surface area contributed by atoms with Crippen molar-refractivity contribution in [3.8, 4) is 0 Å². The van der Waals surface area contributed by atoms with Gasteiger partial charge < -0.3 is 9.99 Å². The standard InChI is InChI=1S/C14H28O3/c1-6-14(4,5)16-13(17-15)11-9-7-8-10-12(2)3/h12H,6-11H2,1-5H3. The van der Waals surface area contributed by atoms with Crippen molar-refractivity contribution in [3.05, 3.63) is 0 Å². The normalized spacial score (nSPS) is 13.2. The average Bonchev–Trinajstić information content (AvgIpc) is 2.26. The molecule has 0 aliphatic rings. The lowest BCUT2D eigenvalue weighted by Crippen LogP contribution is -2.29. The first-order chi connectivity index (χ1) is 7.91. The zero-order valence-electron chi connectivity index (χ0n) is 12.0. The molecule has 0 saturated heterocycles. The van der Waals surface area contributed by atoms with Gasteiger partial charge >= 0.3 is 5.97 Å². The molecule has 0 N–H and O–H groups in total. The number of hydrogen-bond acceptors (Lipinski definition) is 2. The van der Waals surface area contributed by atoms with Crippen LogP contribution in [0, 0.1) is 5.92 Å². The maximum absolute atomic E-state index is 10.5. The topological polar surface area (TPSA) is 43.6 Å². The molecule has 0 rings (SSSR count). The second-order valence-electron chi connectivity index (χ2n) is 5.66. The van der Waals surface area contributed by atoms with Gasteiger partial charge in [0.25, 0.3) is 0 Å². The Morgan fingerprint density at radius 1 is 1.24 bits per heavy atom. The monoisotopic (exact) mass is 244 g/mol. The van der Waals surface area contributed by atoms with Crippen LogP contribution in [-0.4, -0.2) is 11.6 Å². The van der Waals surface area contributed by atoms with Gasteiger partial charge in [-0.3, -0.25) is 4.58 Å². The third-order valence-corrected chi connectivity index (χ3v) is 3.00. The van der Waals surface area contributed by atoms with Crippen LogP contribution in [0.3, 0.4) is 0 Å². The van der Waals surface area contributed by atoms with E-state index in [0.29, 0.717) is 6.42 Å². The van der Waals surface area contributed by atoms with Crippen molar-refractivity contribution in [1.82, 2.24) is 0 Å². The van der Waals surface area contributed by atoms with Gasteiger partial charge in [0.1, 0.15) is 6.42 Å². The smallest absolute Gasteiger partial charge is 0.497 e. The number of hydrogen-bond donors (Lipinski definition) is 0. The molecular weight excluding hydrogens is 216 g/mol. The predicted octanol–water partition coefficient (Wildman–Crippen LogP) is 3.14. The lowest BCUT2D eigenvalue weighted by molar-refractivity contribution is -1.05. The minimum atomic E-state index is -0.308. The summed E-state index contributed by atoms with van der Waals surface area (Å²) in [6, 6.07) is 0. The van der Waals surface area contributed by atoms with Crippen LogP contribution in [0.5, 0.6) is 0 Å². The Kier molecular flexibility index (Phi) is 8.01. The molecule has 0 aromatic carbocycles. The molecule has 3 heteroatoms. The lowest BCUT2D eigenvalue weighted by Gasteiger charge is -2.15. The summed E-state index contributed by atoms with van der Waals surface area (Å²) >= 11 is 0. The van der Waals surface area contributed by atoms with Gasteiger partial charge in [0, 0.05) is 20.3 Å². The van der Waals surface area contributed by atoms with E-state index in [1.165, 1.54) is 12.8 Å². The largest absolute Gasteiger partial charge is 0.588 e. The molecule has 0 fully saturated rings. The van der Waals surface area contributed by atoms with Crippen LogP contribution in [-0.2, 0) is 9.31 Å². The van der Waals surface area contributed by atoms with E-state index in [4.69, 9.17) is 4.74 Å². The van der Waals surface area contributed by atoms with Crippen LogP contribution >= 0.6 is 0 Å². The van der Waals surface area contributed by atoms with E-state index >= 15 is 0 Å². The fourth-order valence-electron chi connectivity index (χ4n) is 1.49. The Hall–Kier alpha value is -0.730. The maximum Gasteiger partial charge on any atom is 0.497 e. The quantitative estimate of drug-likeness (QED) is 0.216. The van der Waals surface area contributed by atoms with Crippen molar-refractivity contribution >= 4 is 5.97 Å². The van der Waals surface area contributed by atoms with Gasteiger partial charge in [0.05, 0.1) is 0 Å². The van der Waals surface area contributed by atoms with Crippen LogP contribution in [0.1, 0.15) is 73.1 Å². The summed E-state index contributed by atoms with van der Waals surface area (Å²) in [6.07, 6.45) is 6.01. The number of rotatable bonds is 8. The first-order valence-electron chi connectivity index (χ1n) is 6.76. The molecule has 0 bridgehead atoms. The molecule has 0 aromatic rings. The summed E-state index contributed by atoms with van der Waals surface area (Å²) in [5.41, 5.74) is -0.308. The van der Waals surface area contributed by atoms with Crippen molar-refractivity contribution in [2.45, 2.75) is 78.7 Å². The molecule has 3 nitrogen and oxygen atoms in total. The van der Waals surface area contributed by atoms with Crippen molar-refractivity contribution in [2.75, 3.05) is 0 Å².